The van der Waals surface area contributed by atoms with E-state index in [-0.39, 0.29) is 5.91 Å². The average molecular weight is 247 g/mol. The Morgan fingerprint density at radius 1 is 1.33 bits per heavy atom. The quantitative estimate of drug-likeness (QED) is 0.862. The lowest BCUT2D eigenvalue weighted by molar-refractivity contribution is 0.0923. The van der Waals surface area contributed by atoms with Crippen molar-refractivity contribution in [3.8, 4) is 0 Å². The molecule has 1 aromatic rings. The molecule has 0 saturated heterocycles. The summed E-state index contributed by atoms with van der Waals surface area (Å²) < 4.78 is 0. The lowest BCUT2D eigenvalue weighted by atomic mass is 9.87. The summed E-state index contributed by atoms with van der Waals surface area (Å²) in [5, 5.41) is 6.12. The zero-order valence-electron chi connectivity index (χ0n) is 11.1. The van der Waals surface area contributed by atoms with Crippen LogP contribution >= 0.6 is 0 Å². The Morgan fingerprint density at radius 3 is 2.72 bits per heavy atom. The molecule has 2 N–H and O–H groups in total. The van der Waals surface area contributed by atoms with Gasteiger partial charge in [-0.3, -0.25) is 9.78 Å². The van der Waals surface area contributed by atoms with Gasteiger partial charge in [-0.25, -0.2) is 0 Å². The molecule has 1 heterocycles. The minimum Gasteiger partial charge on any atom is -0.386 e. The second kappa shape index (κ2) is 5.85. The van der Waals surface area contributed by atoms with Crippen LogP contribution in [0, 0.1) is 5.92 Å². The summed E-state index contributed by atoms with van der Waals surface area (Å²) in [7, 11) is 1.80. The molecule has 18 heavy (non-hydrogen) atoms. The second-order valence-electron chi connectivity index (χ2n) is 5.10. The molecule has 0 unspecified atom stereocenters. The highest BCUT2D eigenvalue weighted by Gasteiger charge is 2.21. The van der Waals surface area contributed by atoms with E-state index in [0.717, 1.165) is 24.4 Å². The van der Waals surface area contributed by atoms with Crippen LogP contribution < -0.4 is 10.6 Å². The minimum absolute atomic E-state index is 0.00121. The van der Waals surface area contributed by atoms with Crippen LogP contribution in [0.25, 0.3) is 0 Å². The Labute approximate surface area is 108 Å². The van der Waals surface area contributed by atoms with Gasteiger partial charge in [-0.2, -0.15) is 0 Å². The number of hydrogen-bond acceptors (Lipinski definition) is 3. The van der Waals surface area contributed by atoms with Gasteiger partial charge in [0.05, 0.1) is 17.4 Å². The van der Waals surface area contributed by atoms with Gasteiger partial charge in [-0.15, -0.1) is 0 Å². The molecule has 0 atom stereocenters. The highest BCUT2D eigenvalue weighted by atomic mass is 16.1. The number of amides is 1. The van der Waals surface area contributed by atoms with E-state index in [0.29, 0.717) is 11.6 Å². The Balaban J connectivity index is 1.99. The summed E-state index contributed by atoms with van der Waals surface area (Å²) in [4.78, 5) is 16.2. The fourth-order valence-corrected chi connectivity index (χ4v) is 2.46. The molecule has 1 saturated carbocycles. The molecule has 0 aliphatic heterocycles. The molecule has 1 aliphatic carbocycles. The molecule has 0 spiro atoms. The Hall–Kier alpha value is -1.58. The maximum absolute atomic E-state index is 12.2. The zero-order valence-corrected chi connectivity index (χ0v) is 11.1. The smallest absolute Gasteiger partial charge is 0.253 e. The molecule has 4 heteroatoms. The van der Waals surface area contributed by atoms with Crippen molar-refractivity contribution in [3.05, 3.63) is 24.0 Å². The molecule has 1 amide bonds. The van der Waals surface area contributed by atoms with E-state index in [4.69, 9.17) is 0 Å². The zero-order chi connectivity index (χ0) is 13.0. The summed E-state index contributed by atoms with van der Waals surface area (Å²) in [6.07, 6.45) is 7.93. The molecule has 98 valence electrons. The van der Waals surface area contributed by atoms with Crippen LogP contribution in [0.5, 0.6) is 0 Å². The van der Waals surface area contributed by atoms with E-state index in [1.165, 1.54) is 12.8 Å². The summed E-state index contributed by atoms with van der Waals surface area (Å²) in [5.74, 6) is 0.799. The maximum Gasteiger partial charge on any atom is 0.253 e. The van der Waals surface area contributed by atoms with Crippen molar-refractivity contribution in [3.63, 3.8) is 0 Å². The minimum atomic E-state index is 0.00121. The molecule has 0 radical (unpaired) electrons. The van der Waals surface area contributed by atoms with Crippen LogP contribution in [0.15, 0.2) is 18.5 Å². The molecular formula is C14H21N3O. The van der Waals surface area contributed by atoms with E-state index >= 15 is 0 Å². The molecule has 1 aromatic heterocycles. The molecule has 1 aliphatic rings. The Bertz CT molecular complexity index is 411. The van der Waals surface area contributed by atoms with Crippen molar-refractivity contribution in [2.75, 3.05) is 12.4 Å². The van der Waals surface area contributed by atoms with Crippen molar-refractivity contribution in [2.45, 2.75) is 38.6 Å². The summed E-state index contributed by atoms with van der Waals surface area (Å²) >= 11 is 0. The van der Waals surface area contributed by atoms with Crippen LogP contribution in [0.1, 0.15) is 43.0 Å². The lowest BCUT2D eigenvalue weighted by Crippen LogP contribution is -2.37. The van der Waals surface area contributed by atoms with Crippen LogP contribution in [0.2, 0.25) is 0 Å². The topological polar surface area (TPSA) is 54.0 Å². The number of rotatable bonds is 3. The fraction of sp³-hybridized carbons (Fsp3) is 0.571. The summed E-state index contributed by atoms with van der Waals surface area (Å²) in [5.41, 5.74) is 1.45. The van der Waals surface area contributed by atoms with Crippen molar-refractivity contribution in [1.82, 2.24) is 10.3 Å². The maximum atomic E-state index is 12.2. The number of hydrogen-bond donors (Lipinski definition) is 2. The summed E-state index contributed by atoms with van der Waals surface area (Å²) in [6, 6.07) is 2.08. The average Bonchev–Trinajstić information content (AvgIpc) is 2.41. The van der Waals surface area contributed by atoms with Crippen LogP contribution in [0.3, 0.4) is 0 Å². The number of nitrogens with zero attached hydrogens (tertiary/aromatic N) is 1. The Morgan fingerprint density at radius 2 is 2.06 bits per heavy atom. The fourth-order valence-electron chi connectivity index (χ4n) is 2.46. The predicted octanol–water partition coefficient (Wildman–Crippen LogP) is 2.43. The van der Waals surface area contributed by atoms with Gasteiger partial charge >= 0.3 is 0 Å². The first-order valence-corrected chi connectivity index (χ1v) is 6.63. The van der Waals surface area contributed by atoms with E-state index in [9.17, 15) is 4.79 Å². The van der Waals surface area contributed by atoms with Crippen molar-refractivity contribution >= 4 is 11.6 Å². The SMILES string of the molecule is CNc1cnccc1C(=O)NC1CCC(C)CC1. The van der Waals surface area contributed by atoms with Gasteiger partial charge in [-0.05, 0) is 37.7 Å². The molecule has 2 rings (SSSR count). The summed E-state index contributed by atoms with van der Waals surface area (Å²) in [6.45, 7) is 2.28. The number of pyridine rings is 1. The van der Waals surface area contributed by atoms with Crippen LogP contribution in [-0.4, -0.2) is 24.0 Å². The number of carbonyl (C=O) groups is 1. The first kappa shape index (κ1) is 12.9. The highest BCUT2D eigenvalue weighted by Crippen LogP contribution is 2.24. The third-order valence-corrected chi connectivity index (χ3v) is 3.69. The standard InChI is InChI=1S/C14H21N3O/c1-10-3-5-11(6-4-10)17-14(18)12-7-8-16-9-13(12)15-2/h7-11,15H,3-6H2,1-2H3,(H,17,18). The molecule has 1 fully saturated rings. The van der Waals surface area contributed by atoms with Gasteiger partial charge in [0, 0.05) is 19.3 Å². The largest absolute Gasteiger partial charge is 0.386 e. The van der Waals surface area contributed by atoms with E-state index in [2.05, 4.69) is 22.5 Å². The van der Waals surface area contributed by atoms with Crippen LogP contribution in [-0.2, 0) is 0 Å². The van der Waals surface area contributed by atoms with Gasteiger partial charge in [-0.1, -0.05) is 6.92 Å². The number of nitrogens with one attached hydrogen (secondary N) is 2. The van der Waals surface area contributed by atoms with E-state index in [1.807, 2.05) is 0 Å². The normalized spacial score (nSPS) is 23.4. The number of aromatic nitrogens is 1. The highest BCUT2D eigenvalue weighted by molar-refractivity contribution is 5.99. The van der Waals surface area contributed by atoms with Gasteiger partial charge in [0.15, 0.2) is 0 Å². The van der Waals surface area contributed by atoms with Gasteiger partial charge in [0.25, 0.3) is 5.91 Å². The monoisotopic (exact) mass is 247 g/mol. The lowest BCUT2D eigenvalue weighted by Gasteiger charge is -2.27. The van der Waals surface area contributed by atoms with Crippen molar-refractivity contribution < 1.29 is 4.79 Å². The van der Waals surface area contributed by atoms with Gasteiger partial charge in [0.2, 0.25) is 0 Å². The second-order valence-corrected chi connectivity index (χ2v) is 5.10. The third-order valence-electron chi connectivity index (χ3n) is 3.69. The molecule has 0 aromatic carbocycles. The van der Waals surface area contributed by atoms with Gasteiger partial charge in [0.1, 0.15) is 0 Å². The number of anilines is 1. The van der Waals surface area contributed by atoms with Crippen molar-refractivity contribution in [1.29, 1.82) is 0 Å². The van der Waals surface area contributed by atoms with Gasteiger partial charge < -0.3 is 10.6 Å². The van der Waals surface area contributed by atoms with Crippen molar-refractivity contribution in [2.24, 2.45) is 5.92 Å². The first-order valence-electron chi connectivity index (χ1n) is 6.63. The van der Waals surface area contributed by atoms with Crippen LogP contribution in [0.4, 0.5) is 5.69 Å². The van der Waals surface area contributed by atoms with E-state index < -0.39 is 0 Å². The molecule has 4 nitrogen and oxygen atoms in total. The van der Waals surface area contributed by atoms with E-state index in [1.54, 1.807) is 25.5 Å². The number of carbonyl (C=O) groups excluding carboxylic acids is 1. The molecule has 0 bridgehead atoms. The molecular weight excluding hydrogens is 226 g/mol. The Kier molecular flexibility index (Phi) is 4.18. The first-order chi connectivity index (χ1) is 8.70. The predicted molar refractivity (Wildman–Crippen MR) is 72.7 cm³/mol. The third kappa shape index (κ3) is 3.00.